The number of aromatic nitrogens is 1. The van der Waals surface area contributed by atoms with Gasteiger partial charge >= 0.3 is 6.09 Å². The van der Waals surface area contributed by atoms with Gasteiger partial charge in [0.2, 0.25) is 0 Å². The first-order valence-corrected chi connectivity index (χ1v) is 8.29. The molecule has 0 spiro atoms. The second-order valence-corrected chi connectivity index (χ2v) is 7.99. The summed E-state index contributed by atoms with van der Waals surface area (Å²) in [5, 5.41) is 0.512. The summed E-state index contributed by atoms with van der Waals surface area (Å²) in [5.41, 5.74) is 0.530. The van der Waals surface area contributed by atoms with Gasteiger partial charge in [-0.05, 0) is 51.8 Å². The molecule has 5 nitrogen and oxygen atoms in total. The Balaban J connectivity index is 1.99. The average Bonchev–Trinajstić information content (AvgIpc) is 2.85. The van der Waals surface area contributed by atoms with Gasteiger partial charge in [-0.3, -0.25) is 4.21 Å². The molecule has 1 aliphatic rings. The molecule has 0 saturated carbocycles. The third-order valence-electron chi connectivity index (χ3n) is 3.20. The Morgan fingerprint density at radius 1 is 1.48 bits per heavy atom. The summed E-state index contributed by atoms with van der Waals surface area (Å²) in [4.78, 5) is 17.8. The molecule has 6 heteroatoms. The number of likely N-dealkylation sites (tertiary alicyclic amines) is 1. The number of rotatable bonds is 2. The molecule has 1 aliphatic heterocycles. The number of carbonyl (C=O) groups is 1. The molecule has 0 N–H and O–H groups in total. The van der Waals surface area contributed by atoms with Crippen LogP contribution in [0.1, 0.15) is 32.8 Å². The van der Waals surface area contributed by atoms with Crippen LogP contribution in [-0.4, -0.2) is 44.1 Å². The minimum Gasteiger partial charge on any atom is -0.444 e. The largest absolute Gasteiger partial charge is 0.444 e. The van der Waals surface area contributed by atoms with E-state index >= 15 is 0 Å². The minimum absolute atomic E-state index is 0.0770. The number of ether oxygens (including phenoxy) is 1. The van der Waals surface area contributed by atoms with E-state index in [1.807, 2.05) is 39.8 Å². The van der Waals surface area contributed by atoms with Crippen molar-refractivity contribution >= 4 is 16.9 Å². The standard InChI is InChI=1S/C15H22N2O3S/c1-11-5-7-16-13(9-11)21(19)12-6-8-17(10-12)14(18)20-15(2,3)4/h5,7,9,12H,6,8,10H2,1-4H3/t12-,21-/m0/s1. The third-order valence-corrected chi connectivity index (χ3v) is 4.82. The molecular formula is C15H22N2O3S. The molecule has 0 unspecified atom stereocenters. The van der Waals surface area contributed by atoms with Crippen molar-refractivity contribution in [2.24, 2.45) is 0 Å². The molecule has 116 valence electrons. The van der Waals surface area contributed by atoms with E-state index in [9.17, 15) is 9.00 Å². The highest BCUT2D eigenvalue weighted by atomic mass is 32.2. The lowest BCUT2D eigenvalue weighted by atomic mass is 10.2. The highest BCUT2D eigenvalue weighted by molar-refractivity contribution is 7.85. The maximum absolute atomic E-state index is 12.5. The van der Waals surface area contributed by atoms with Gasteiger partial charge in [0.1, 0.15) is 10.6 Å². The van der Waals surface area contributed by atoms with E-state index in [-0.39, 0.29) is 11.3 Å². The Morgan fingerprint density at radius 2 is 2.19 bits per heavy atom. The topological polar surface area (TPSA) is 59.5 Å². The highest BCUT2D eigenvalue weighted by Crippen LogP contribution is 2.21. The van der Waals surface area contributed by atoms with Crippen LogP contribution in [0, 0.1) is 6.92 Å². The Labute approximate surface area is 128 Å². The van der Waals surface area contributed by atoms with Crippen molar-refractivity contribution in [1.82, 2.24) is 9.88 Å². The summed E-state index contributed by atoms with van der Waals surface area (Å²) in [5.74, 6) is 0. The molecule has 2 heterocycles. The molecule has 1 fully saturated rings. The van der Waals surface area contributed by atoms with Crippen LogP contribution in [0.3, 0.4) is 0 Å². The fourth-order valence-electron chi connectivity index (χ4n) is 2.18. The van der Waals surface area contributed by atoms with Crippen molar-refractivity contribution in [2.75, 3.05) is 13.1 Å². The van der Waals surface area contributed by atoms with Crippen molar-refractivity contribution in [1.29, 1.82) is 0 Å². The van der Waals surface area contributed by atoms with Gasteiger partial charge in [-0.25, -0.2) is 9.78 Å². The Kier molecular flexibility index (Phi) is 4.66. The van der Waals surface area contributed by atoms with Gasteiger partial charge in [0.15, 0.2) is 0 Å². The van der Waals surface area contributed by atoms with Crippen molar-refractivity contribution in [3.05, 3.63) is 23.9 Å². The van der Waals surface area contributed by atoms with Crippen LogP contribution in [0.25, 0.3) is 0 Å². The quantitative estimate of drug-likeness (QED) is 0.842. The van der Waals surface area contributed by atoms with Crippen LogP contribution in [0.15, 0.2) is 23.4 Å². The second-order valence-electron chi connectivity index (χ2n) is 6.31. The molecule has 0 aromatic carbocycles. The smallest absolute Gasteiger partial charge is 0.410 e. The number of nitrogens with zero attached hydrogens (tertiary/aromatic N) is 2. The number of amides is 1. The molecule has 21 heavy (non-hydrogen) atoms. The van der Waals surface area contributed by atoms with Crippen LogP contribution in [0.2, 0.25) is 0 Å². The summed E-state index contributed by atoms with van der Waals surface area (Å²) in [7, 11) is -1.19. The van der Waals surface area contributed by atoms with Crippen LogP contribution >= 0.6 is 0 Å². The van der Waals surface area contributed by atoms with E-state index in [0.717, 1.165) is 5.56 Å². The molecular weight excluding hydrogens is 288 g/mol. The van der Waals surface area contributed by atoms with Crippen LogP contribution < -0.4 is 0 Å². The predicted octanol–water partition coefficient (Wildman–Crippen LogP) is 2.51. The van der Waals surface area contributed by atoms with E-state index in [4.69, 9.17) is 4.74 Å². The minimum atomic E-state index is -1.19. The fourth-order valence-corrected chi connectivity index (χ4v) is 3.63. The van der Waals surface area contributed by atoms with Crippen molar-refractivity contribution in [3.63, 3.8) is 0 Å². The molecule has 1 amide bonds. The van der Waals surface area contributed by atoms with Gasteiger partial charge in [-0.1, -0.05) is 0 Å². The van der Waals surface area contributed by atoms with E-state index in [1.54, 1.807) is 11.1 Å². The van der Waals surface area contributed by atoms with E-state index in [2.05, 4.69) is 4.98 Å². The van der Waals surface area contributed by atoms with Gasteiger partial charge in [0.05, 0.1) is 16.0 Å². The average molecular weight is 310 g/mol. The van der Waals surface area contributed by atoms with Gasteiger partial charge in [-0.15, -0.1) is 0 Å². The summed E-state index contributed by atoms with van der Waals surface area (Å²) in [6.07, 6.45) is 2.05. The van der Waals surface area contributed by atoms with E-state index in [1.165, 1.54) is 0 Å². The molecule has 1 saturated heterocycles. The highest BCUT2D eigenvalue weighted by Gasteiger charge is 2.33. The second kappa shape index (κ2) is 6.13. The van der Waals surface area contributed by atoms with Crippen LogP contribution in [0.5, 0.6) is 0 Å². The number of hydrogen-bond acceptors (Lipinski definition) is 4. The molecule has 1 aromatic heterocycles. The molecule has 0 bridgehead atoms. The van der Waals surface area contributed by atoms with E-state index in [0.29, 0.717) is 24.5 Å². The number of aryl methyl sites for hydroxylation is 1. The summed E-state index contributed by atoms with van der Waals surface area (Å²) >= 11 is 0. The third kappa shape index (κ3) is 4.27. The Bertz CT molecular complexity index is 554. The summed E-state index contributed by atoms with van der Waals surface area (Å²) < 4.78 is 17.9. The molecule has 2 atom stereocenters. The molecule has 2 rings (SSSR count). The molecule has 1 aromatic rings. The van der Waals surface area contributed by atoms with Crippen molar-refractivity contribution < 1.29 is 13.7 Å². The normalized spacial score (nSPS) is 20.4. The summed E-state index contributed by atoms with van der Waals surface area (Å²) in [6, 6.07) is 3.72. The van der Waals surface area contributed by atoms with Crippen molar-refractivity contribution in [2.45, 2.75) is 50.0 Å². The lowest BCUT2D eigenvalue weighted by Gasteiger charge is -2.24. The van der Waals surface area contributed by atoms with Crippen LogP contribution in [-0.2, 0) is 15.5 Å². The Morgan fingerprint density at radius 3 is 2.81 bits per heavy atom. The van der Waals surface area contributed by atoms with Gasteiger partial charge < -0.3 is 9.64 Å². The first kappa shape index (κ1) is 15.9. The SMILES string of the molecule is Cc1ccnc([S@@](=O)[C@H]2CCN(C(=O)OC(C)(C)C)C2)c1. The number of pyridine rings is 1. The Hall–Kier alpha value is -1.43. The maximum atomic E-state index is 12.5. The predicted molar refractivity (Wildman–Crippen MR) is 81.6 cm³/mol. The number of carbonyl (C=O) groups excluding carboxylic acids is 1. The van der Waals surface area contributed by atoms with Crippen LogP contribution in [0.4, 0.5) is 4.79 Å². The zero-order valence-electron chi connectivity index (χ0n) is 13.0. The summed E-state index contributed by atoms with van der Waals surface area (Å²) in [6.45, 7) is 8.51. The zero-order chi connectivity index (χ0) is 15.6. The van der Waals surface area contributed by atoms with Gasteiger partial charge in [0.25, 0.3) is 0 Å². The zero-order valence-corrected chi connectivity index (χ0v) is 13.8. The molecule has 0 radical (unpaired) electrons. The molecule has 0 aliphatic carbocycles. The number of hydrogen-bond donors (Lipinski definition) is 0. The maximum Gasteiger partial charge on any atom is 0.410 e. The lowest BCUT2D eigenvalue weighted by molar-refractivity contribution is 0.0295. The van der Waals surface area contributed by atoms with E-state index < -0.39 is 16.4 Å². The first-order chi connectivity index (χ1) is 9.76. The van der Waals surface area contributed by atoms with Gasteiger partial charge in [0, 0.05) is 19.3 Å². The lowest BCUT2D eigenvalue weighted by Crippen LogP contribution is -2.36. The van der Waals surface area contributed by atoms with Crippen molar-refractivity contribution in [3.8, 4) is 0 Å². The monoisotopic (exact) mass is 310 g/mol. The first-order valence-electron chi connectivity index (χ1n) is 7.07. The van der Waals surface area contributed by atoms with Gasteiger partial charge in [-0.2, -0.15) is 0 Å². The fraction of sp³-hybridized carbons (Fsp3) is 0.600.